The summed E-state index contributed by atoms with van der Waals surface area (Å²) in [6, 6.07) is 3.19. The van der Waals surface area contributed by atoms with Gasteiger partial charge in [-0.05, 0) is 18.6 Å². The second kappa shape index (κ2) is 8.05. The van der Waals surface area contributed by atoms with Crippen LogP contribution >= 0.6 is 22.9 Å². The van der Waals surface area contributed by atoms with E-state index < -0.39 is 52.5 Å². The molecule has 0 fully saturated rings. The molecule has 1 aromatic heterocycles. The number of benzene rings is 1. The monoisotopic (exact) mass is 435 g/mol. The summed E-state index contributed by atoms with van der Waals surface area (Å²) in [5, 5.41) is 0. The van der Waals surface area contributed by atoms with Crippen LogP contribution in [-0.4, -0.2) is 38.1 Å². The van der Waals surface area contributed by atoms with Gasteiger partial charge in [0.05, 0.1) is 11.9 Å². The highest BCUT2D eigenvalue weighted by molar-refractivity contribution is 7.93. The van der Waals surface area contributed by atoms with Gasteiger partial charge in [-0.1, -0.05) is 29.0 Å². The lowest BCUT2D eigenvalue weighted by Gasteiger charge is -2.18. The highest BCUT2D eigenvalue weighted by Gasteiger charge is 2.42. The highest BCUT2D eigenvalue weighted by atomic mass is 35.5. The van der Waals surface area contributed by atoms with Crippen LogP contribution in [0.15, 0.2) is 28.7 Å². The van der Waals surface area contributed by atoms with Gasteiger partial charge in [-0.3, -0.25) is 0 Å². The smallest absolute Gasteiger partial charge is 0.340 e. The molecule has 144 valence electrons. The fourth-order valence-electron chi connectivity index (χ4n) is 1.86. The normalized spacial score (nSPS) is 12.6. The molecule has 0 N–H and O–H groups in total. The van der Waals surface area contributed by atoms with Crippen LogP contribution in [0.25, 0.3) is 0 Å². The van der Waals surface area contributed by atoms with Crippen molar-refractivity contribution in [1.82, 2.24) is 4.98 Å². The molecular weight excluding hydrogens is 425 g/mol. The van der Waals surface area contributed by atoms with Crippen molar-refractivity contribution in [3.63, 3.8) is 0 Å². The molecule has 26 heavy (non-hydrogen) atoms. The van der Waals surface area contributed by atoms with E-state index in [-0.39, 0.29) is 14.2 Å². The number of aromatic nitrogens is 1. The highest BCUT2D eigenvalue weighted by Crippen LogP contribution is 2.29. The quantitative estimate of drug-likeness (QED) is 0.582. The molecule has 0 unspecified atom stereocenters. The van der Waals surface area contributed by atoms with Crippen molar-refractivity contribution in [2.75, 3.05) is 12.4 Å². The summed E-state index contributed by atoms with van der Waals surface area (Å²) < 4.78 is 93.1. The molecule has 1 aromatic carbocycles. The molecule has 4 nitrogen and oxygen atoms in total. The van der Waals surface area contributed by atoms with Crippen molar-refractivity contribution < 1.29 is 35.1 Å². The summed E-state index contributed by atoms with van der Waals surface area (Å²) >= 11 is 6.34. The van der Waals surface area contributed by atoms with E-state index in [4.69, 9.17) is 11.6 Å². The SMILES string of the molecule is O=S(=O)(CCc1c(F)cccc1OCC(F)(F)C(F)F)c1ncc(Cl)s1. The zero-order valence-electron chi connectivity index (χ0n) is 12.8. The van der Waals surface area contributed by atoms with Crippen molar-refractivity contribution in [2.24, 2.45) is 0 Å². The molecule has 0 amide bonds. The van der Waals surface area contributed by atoms with E-state index in [1.54, 1.807) is 0 Å². The minimum atomic E-state index is -4.42. The van der Waals surface area contributed by atoms with Gasteiger partial charge in [-0.15, -0.1) is 0 Å². The Morgan fingerprint density at radius 3 is 2.58 bits per heavy atom. The first-order chi connectivity index (χ1) is 12.0. The maximum absolute atomic E-state index is 14.0. The number of sulfone groups is 1. The van der Waals surface area contributed by atoms with Crippen LogP contribution in [0.3, 0.4) is 0 Å². The Morgan fingerprint density at radius 1 is 1.31 bits per heavy atom. The van der Waals surface area contributed by atoms with E-state index in [2.05, 4.69) is 9.72 Å². The predicted molar refractivity (Wildman–Crippen MR) is 85.7 cm³/mol. The number of ether oxygens (including phenoxy) is 1. The van der Waals surface area contributed by atoms with E-state index in [1.165, 1.54) is 0 Å². The fraction of sp³-hybridized carbons (Fsp3) is 0.357. The zero-order chi connectivity index (χ0) is 19.5. The summed E-state index contributed by atoms with van der Waals surface area (Å²) in [4.78, 5) is 3.62. The van der Waals surface area contributed by atoms with E-state index in [9.17, 15) is 30.4 Å². The standard InChI is InChI=1S/C14H11ClF5NO3S2/c15-11-6-21-13(25-11)26(22,23)5-4-8-9(16)2-1-3-10(8)24-7-14(19,20)12(17)18/h1-3,6,12H,4-5,7H2. The molecule has 0 bridgehead atoms. The fourth-order valence-corrected chi connectivity index (χ4v) is 4.53. The molecule has 0 saturated heterocycles. The summed E-state index contributed by atoms with van der Waals surface area (Å²) in [7, 11) is -3.90. The van der Waals surface area contributed by atoms with Crippen molar-refractivity contribution in [3.8, 4) is 5.75 Å². The van der Waals surface area contributed by atoms with Crippen molar-refractivity contribution in [1.29, 1.82) is 0 Å². The van der Waals surface area contributed by atoms with Crippen LogP contribution < -0.4 is 4.74 Å². The van der Waals surface area contributed by atoms with E-state index in [1.807, 2.05) is 0 Å². The number of rotatable bonds is 8. The first-order valence-electron chi connectivity index (χ1n) is 6.93. The number of hydrogen-bond donors (Lipinski definition) is 0. The van der Waals surface area contributed by atoms with Crippen molar-refractivity contribution in [2.45, 2.75) is 23.1 Å². The lowest BCUT2D eigenvalue weighted by atomic mass is 10.1. The molecule has 0 spiro atoms. The van der Waals surface area contributed by atoms with Crippen LogP contribution in [0.2, 0.25) is 4.34 Å². The third-order valence-corrected chi connectivity index (χ3v) is 6.46. The van der Waals surface area contributed by atoms with Crippen LogP contribution in [-0.2, 0) is 16.3 Å². The van der Waals surface area contributed by atoms with Crippen LogP contribution in [0.5, 0.6) is 5.75 Å². The molecule has 0 saturated carbocycles. The zero-order valence-corrected chi connectivity index (χ0v) is 15.2. The third-order valence-electron chi connectivity index (χ3n) is 3.16. The molecule has 0 atom stereocenters. The number of alkyl halides is 4. The van der Waals surface area contributed by atoms with Crippen molar-refractivity contribution >= 4 is 32.8 Å². The maximum atomic E-state index is 14.0. The van der Waals surface area contributed by atoms with E-state index in [0.29, 0.717) is 11.3 Å². The lowest BCUT2D eigenvalue weighted by molar-refractivity contribution is -0.148. The van der Waals surface area contributed by atoms with Crippen LogP contribution in [0, 0.1) is 5.82 Å². The van der Waals surface area contributed by atoms with Crippen molar-refractivity contribution in [3.05, 3.63) is 40.1 Å². The van der Waals surface area contributed by atoms with Gasteiger partial charge in [-0.25, -0.2) is 26.6 Å². The average Bonchev–Trinajstić information content (AvgIpc) is 2.99. The molecule has 0 aliphatic rings. The van der Waals surface area contributed by atoms with Gasteiger partial charge in [0, 0.05) is 5.56 Å². The minimum absolute atomic E-state index is 0.146. The van der Waals surface area contributed by atoms with Gasteiger partial charge in [0.1, 0.15) is 15.9 Å². The number of hydrogen-bond acceptors (Lipinski definition) is 5. The van der Waals surface area contributed by atoms with Crippen LogP contribution in [0.4, 0.5) is 22.0 Å². The Kier molecular flexibility index (Phi) is 6.46. The minimum Gasteiger partial charge on any atom is -0.487 e. The van der Waals surface area contributed by atoms with Gasteiger partial charge >= 0.3 is 12.3 Å². The molecule has 0 aliphatic carbocycles. The number of nitrogens with zero attached hydrogens (tertiary/aromatic N) is 1. The molecule has 0 radical (unpaired) electrons. The first-order valence-corrected chi connectivity index (χ1v) is 9.78. The van der Waals surface area contributed by atoms with Gasteiger partial charge in [-0.2, -0.15) is 8.78 Å². The molecule has 12 heteroatoms. The number of thiazole rings is 1. The summed E-state index contributed by atoms with van der Waals surface area (Å²) in [6.07, 6.45) is -3.24. The van der Waals surface area contributed by atoms with Crippen LogP contribution in [0.1, 0.15) is 5.56 Å². The third kappa shape index (κ3) is 5.04. The van der Waals surface area contributed by atoms with Gasteiger partial charge < -0.3 is 4.74 Å². The van der Waals surface area contributed by atoms with Gasteiger partial charge in [0.15, 0.2) is 6.61 Å². The molecule has 2 aromatic rings. The Labute approximate surface area is 154 Å². The van der Waals surface area contributed by atoms with Gasteiger partial charge in [0.2, 0.25) is 14.2 Å². The topological polar surface area (TPSA) is 56.3 Å². The molecular formula is C14H11ClF5NO3S2. The average molecular weight is 436 g/mol. The summed E-state index contributed by atoms with van der Waals surface area (Å²) in [6.45, 7) is -1.67. The second-order valence-corrected chi connectivity index (χ2v) is 9.01. The Bertz CT molecular complexity index is 873. The molecule has 2 rings (SSSR count). The lowest BCUT2D eigenvalue weighted by Crippen LogP contribution is -2.34. The Morgan fingerprint density at radius 2 is 2.00 bits per heavy atom. The maximum Gasteiger partial charge on any atom is 0.340 e. The number of halogens is 6. The van der Waals surface area contributed by atoms with E-state index in [0.717, 1.165) is 24.4 Å². The largest absolute Gasteiger partial charge is 0.487 e. The Hall–Kier alpha value is -1.46. The predicted octanol–water partition coefficient (Wildman–Crippen LogP) is 4.23. The second-order valence-electron chi connectivity index (χ2n) is 5.07. The Balaban J connectivity index is 2.16. The first kappa shape index (κ1) is 20.8. The summed E-state index contributed by atoms with van der Waals surface area (Å²) in [5.41, 5.74) is -0.316. The van der Waals surface area contributed by atoms with Gasteiger partial charge in [0.25, 0.3) is 0 Å². The molecule has 1 heterocycles. The summed E-state index contributed by atoms with van der Waals surface area (Å²) in [5.74, 6) is -6.36. The van der Waals surface area contributed by atoms with E-state index >= 15 is 0 Å². The molecule has 0 aliphatic heterocycles.